The molecule has 61 heavy (non-hydrogen) atoms. The van der Waals surface area contributed by atoms with Gasteiger partial charge in [-0.25, -0.2) is 4.68 Å². The summed E-state index contributed by atoms with van der Waals surface area (Å²) in [6, 6.07) is 82.9. The first-order chi connectivity index (χ1) is 30.2. The zero-order valence-corrected chi connectivity index (χ0v) is 33.8. The summed E-state index contributed by atoms with van der Waals surface area (Å²) >= 11 is 0. The minimum absolute atomic E-state index is 0.945. The van der Waals surface area contributed by atoms with Gasteiger partial charge in [-0.2, -0.15) is 5.10 Å². The van der Waals surface area contributed by atoms with Crippen molar-refractivity contribution in [1.82, 2.24) is 14.3 Å². The molecular weight excluding hydrogens is 739 g/mol. The summed E-state index contributed by atoms with van der Waals surface area (Å²) < 4.78 is 4.46. The number of rotatable bonds is 8. The molecule has 3 nitrogen and oxygen atoms in total. The third kappa shape index (κ3) is 6.63. The van der Waals surface area contributed by atoms with Crippen molar-refractivity contribution < 1.29 is 0 Å². The Morgan fingerprint density at radius 1 is 0.328 bits per heavy atom. The summed E-state index contributed by atoms with van der Waals surface area (Å²) in [7, 11) is 0. The van der Waals surface area contributed by atoms with E-state index in [4.69, 9.17) is 5.10 Å². The van der Waals surface area contributed by atoms with Gasteiger partial charge in [-0.15, -0.1) is 0 Å². The van der Waals surface area contributed by atoms with Crippen LogP contribution in [0.15, 0.2) is 231 Å². The smallest absolute Gasteiger partial charge is 0.0934 e. The maximum atomic E-state index is 5.12. The Balaban J connectivity index is 0.941. The second-order valence-electron chi connectivity index (χ2n) is 15.7. The van der Waals surface area contributed by atoms with Crippen molar-refractivity contribution in [3.05, 3.63) is 236 Å². The zero-order chi connectivity index (χ0) is 40.7. The molecule has 0 unspecified atom stereocenters. The first kappa shape index (κ1) is 36.1. The monoisotopic (exact) mass is 779 g/mol. The first-order valence-corrected chi connectivity index (χ1v) is 20.9. The largest absolute Gasteiger partial charge is 0.309 e. The molecule has 11 rings (SSSR count). The fourth-order valence-corrected chi connectivity index (χ4v) is 8.83. The lowest BCUT2D eigenvalue weighted by atomic mass is 9.89. The summed E-state index contributed by atoms with van der Waals surface area (Å²) in [5, 5.41) is 7.63. The average molecular weight is 780 g/mol. The van der Waals surface area contributed by atoms with Crippen molar-refractivity contribution >= 4 is 21.8 Å². The van der Waals surface area contributed by atoms with Gasteiger partial charge in [0.25, 0.3) is 0 Å². The van der Waals surface area contributed by atoms with Gasteiger partial charge in [-0.05, 0) is 100.0 Å². The Bertz CT molecular complexity index is 3320. The van der Waals surface area contributed by atoms with E-state index in [0.29, 0.717) is 0 Å². The van der Waals surface area contributed by atoms with E-state index in [1.165, 1.54) is 66.3 Å². The lowest BCUT2D eigenvalue weighted by Gasteiger charge is -2.16. The van der Waals surface area contributed by atoms with Gasteiger partial charge in [0.2, 0.25) is 0 Å². The average Bonchev–Trinajstić information content (AvgIpc) is 3.93. The lowest BCUT2D eigenvalue weighted by molar-refractivity contribution is 0.892. The van der Waals surface area contributed by atoms with Crippen molar-refractivity contribution in [2.24, 2.45) is 0 Å². The highest BCUT2D eigenvalue weighted by molar-refractivity contribution is 6.10. The Hall–Kier alpha value is -8.01. The first-order valence-electron chi connectivity index (χ1n) is 20.9. The number of nitrogens with zero attached hydrogens (tertiary/aromatic N) is 3. The van der Waals surface area contributed by atoms with E-state index >= 15 is 0 Å². The van der Waals surface area contributed by atoms with Crippen molar-refractivity contribution in [1.29, 1.82) is 0 Å². The van der Waals surface area contributed by atoms with Crippen molar-refractivity contribution in [2.45, 2.75) is 6.92 Å². The van der Waals surface area contributed by atoms with E-state index in [9.17, 15) is 0 Å². The van der Waals surface area contributed by atoms with Crippen molar-refractivity contribution in [2.75, 3.05) is 0 Å². The van der Waals surface area contributed by atoms with Crippen LogP contribution in [0.3, 0.4) is 0 Å². The Labute approximate surface area is 356 Å². The molecule has 2 aromatic heterocycles. The number of para-hydroxylation sites is 1. The third-order valence-corrected chi connectivity index (χ3v) is 11.9. The van der Waals surface area contributed by atoms with Crippen LogP contribution < -0.4 is 0 Å². The van der Waals surface area contributed by atoms with Crippen LogP contribution in [0.1, 0.15) is 5.56 Å². The highest BCUT2D eigenvalue weighted by atomic mass is 15.3. The Morgan fingerprint density at radius 2 is 0.820 bits per heavy atom. The van der Waals surface area contributed by atoms with Crippen LogP contribution >= 0.6 is 0 Å². The van der Waals surface area contributed by atoms with E-state index in [2.05, 4.69) is 241 Å². The molecule has 11 aromatic rings. The van der Waals surface area contributed by atoms with E-state index in [0.717, 1.165) is 39.5 Å². The summed E-state index contributed by atoms with van der Waals surface area (Å²) in [5.74, 6) is 0. The fourth-order valence-electron chi connectivity index (χ4n) is 8.83. The van der Waals surface area contributed by atoms with Gasteiger partial charge in [-0.3, -0.25) is 0 Å². The van der Waals surface area contributed by atoms with E-state index in [1.54, 1.807) is 0 Å². The molecule has 0 bridgehead atoms. The van der Waals surface area contributed by atoms with Crippen LogP contribution in [-0.4, -0.2) is 14.3 Å². The predicted octanol–water partition coefficient (Wildman–Crippen LogP) is 15.3. The van der Waals surface area contributed by atoms with E-state index in [-0.39, 0.29) is 0 Å². The lowest BCUT2D eigenvalue weighted by Crippen LogP contribution is -1.99. The van der Waals surface area contributed by atoms with Crippen molar-refractivity contribution in [3.8, 4) is 78.4 Å². The Kier molecular flexibility index (Phi) is 9.05. The summed E-state index contributed by atoms with van der Waals surface area (Å²) in [6.45, 7) is 2.13. The van der Waals surface area contributed by atoms with E-state index in [1.807, 2.05) is 6.07 Å². The number of hydrogen-bond acceptors (Lipinski definition) is 1. The number of hydrogen-bond donors (Lipinski definition) is 0. The highest BCUT2D eigenvalue weighted by Crippen LogP contribution is 2.40. The highest BCUT2D eigenvalue weighted by Gasteiger charge is 2.17. The molecule has 0 aliphatic rings. The standard InChI is InChI=1S/C58H41N3/c1-40-24-26-41(27-25-40)46-32-37-57-54(38-46)53-22-12-13-23-56(53)60(57)47-33-28-42(29-34-47)49-18-8-10-20-51(49)52-21-11-9-19-50(52)43-30-35-48(36-31-43)61-58(45-16-6-3-7-17-45)39-55(59-61)44-14-4-2-5-15-44/h2-39H,1H3. The molecule has 0 spiro atoms. The molecule has 2 heterocycles. The van der Waals surface area contributed by atoms with Gasteiger partial charge in [0.15, 0.2) is 0 Å². The maximum absolute atomic E-state index is 5.12. The summed E-state index contributed by atoms with van der Waals surface area (Å²) in [5.41, 5.74) is 19.6. The topological polar surface area (TPSA) is 22.8 Å². The van der Waals surface area contributed by atoms with Crippen molar-refractivity contribution in [3.63, 3.8) is 0 Å². The molecule has 9 aromatic carbocycles. The van der Waals surface area contributed by atoms with Crippen LogP contribution in [0, 0.1) is 6.92 Å². The fraction of sp³-hybridized carbons (Fsp3) is 0.0172. The van der Waals surface area contributed by atoms with Crippen LogP contribution in [0.5, 0.6) is 0 Å². The molecular formula is C58H41N3. The number of aromatic nitrogens is 3. The van der Waals surface area contributed by atoms with Gasteiger partial charge in [0.1, 0.15) is 0 Å². The molecule has 0 amide bonds. The van der Waals surface area contributed by atoms with Gasteiger partial charge in [-0.1, -0.05) is 188 Å². The molecule has 0 saturated carbocycles. The Morgan fingerprint density at radius 3 is 1.46 bits per heavy atom. The van der Waals surface area contributed by atoms with Crippen LogP contribution in [0.4, 0.5) is 0 Å². The molecule has 0 saturated heterocycles. The SMILES string of the molecule is Cc1ccc(-c2ccc3c(c2)c2ccccc2n3-c2ccc(-c3ccccc3-c3ccccc3-c3ccc(-n4nc(-c5ccccc5)cc4-c4ccccc4)cc3)cc2)cc1. The van der Waals surface area contributed by atoms with Gasteiger partial charge < -0.3 is 4.57 Å². The van der Waals surface area contributed by atoms with Crippen LogP contribution in [0.25, 0.3) is 100 Å². The quantitative estimate of drug-likeness (QED) is 0.151. The second-order valence-corrected chi connectivity index (χ2v) is 15.7. The van der Waals surface area contributed by atoms with Crippen LogP contribution in [0.2, 0.25) is 0 Å². The molecule has 0 atom stereocenters. The summed E-state index contributed by atoms with van der Waals surface area (Å²) in [4.78, 5) is 0. The van der Waals surface area contributed by atoms with Gasteiger partial charge in [0, 0.05) is 27.6 Å². The predicted molar refractivity (Wildman–Crippen MR) is 255 cm³/mol. The maximum Gasteiger partial charge on any atom is 0.0934 e. The number of fused-ring (bicyclic) bond motifs is 3. The second kappa shape index (κ2) is 15.3. The molecule has 0 N–H and O–H groups in total. The number of aryl methyl sites for hydroxylation is 1. The summed E-state index contributed by atoms with van der Waals surface area (Å²) in [6.07, 6.45) is 0. The number of benzene rings is 9. The minimum Gasteiger partial charge on any atom is -0.309 e. The molecule has 288 valence electrons. The van der Waals surface area contributed by atoms with Crippen LogP contribution in [-0.2, 0) is 0 Å². The normalized spacial score (nSPS) is 11.4. The molecule has 0 aliphatic heterocycles. The molecule has 0 aliphatic carbocycles. The molecule has 0 radical (unpaired) electrons. The van der Waals surface area contributed by atoms with Gasteiger partial charge >= 0.3 is 0 Å². The van der Waals surface area contributed by atoms with Gasteiger partial charge in [0.05, 0.1) is 28.1 Å². The molecule has 3 heteroatoms. The third-order valence-electron chi connectivity index (χ3n) is 11.9. The minimum atomic E-state index is 0.945. The van der Waals surface area contributed by atoms with E-state index < -0.39 is 0 Å². The molecule has 0 fully saturated rings. The zero-order valence-electron chi connectivity index (χ0n) is 33.8.